The van der Waals surface area contributed by atoms with Gasteiger partial charge < -0.3 is 14.1 Å². The minimum absolute atomic E-state index is 0.000437. The molecular weight excluding hydrogens is 426 g/mol. The molecule has 0 unspecified atom stereocenters. The molecule has 9 nitrogen and oxygen atoms in total. The number of rotatable bonds is 8. The lowest BCUT2D eigenvalue weighted by Crippen LogP contribution is -2.39. The fraction of sp³-hybridized carbons (Fsp3) is 0.333. The number of non-ortho nitro benzene ring substituents is 1. The molecule has 1 aromatic heterocycles. The van der Waals surface area contributed by atoms with E-state index in [2.05, 4.69) is 4.90 Å². The summed E-state index contributed by atoms with van der Waals surface area (Å²) in [7, 11) is 0. The third-order valence-electron chi connectivity index (χ3n) is 5.71. The maximum atomic E-state index is 13.4. The predicted molar refractivity (Wildman–Crippen MR) is 123 cm³/mol. The molecule has 2 aromatic carbocycles. The second-order valence-electron chi connectivity index (χ2n) is 7.81. The number of amides is 1. The molecular formula is C24H25N3O6. The summed E-state index contributed by atoms with van der Waals surface area (Å²) in [5.74, 6) is -0.467. The molecule has 0 N–H and O–H groups in total. The lowest BCUT2D eigenvalue weighted by Gasteiger charge is -2.24. The largest absolute Gasteiger partial charge is 0.450 e. The minimum Gasteiger partial charge on any atom is -0.450 e. The Bertz CT molecular complexity index is 1160. The second-order valence-corrected chi connectivity index (χ2v) is 7.81. The van der Waals surface area contributed by atoms with Gasteiger partial charge in [-0.15, -0.1) is 0 Å². The summed E-state index contributed by atoms with van der Waals surface area (Å²) in [6, 6.07) is 12.4. The van der Waals surface area contributed by atoms with Gasteiger partial charge in [0.15, 0.2) is 5.76 Å². The van der Waals surface area contributed by atoms with Crippen LogP contribution in [0.1, 0.15) is 35.9 Å². The Morgan fingerprint density at radius 3 is 2.48 bits per heavy atom. The zero-order valence-electron chi connectivity index (χ0n) is 18.4. The number of furan rings is 1. The van der Waals surface area contributed by atoms with Gasteiger partial charge in [0, 0.05) is 36.2 Å². The molecule has 1 aliphatic heterocycles. The maximum Gasteiger partial charge on any atom is 0.414 e. The first kappa shape index (κ1) is 22.5. The van der Waals surface area contributed by atoms with Gasteiger partial charge >= 0.3 is 6.09 Å². The zero-order chi connectivity index (χ0) is 23.4. The van der Waals surface area contributed by atoms with Crippen LogP contribution in [0.5, 0.6) is 0 Å². The number of nitro benzene ring substituents is 1. The number of carbonyl (C=O) groups is 2. The van der Waals surface area contributed by atoms with Crippen molar-refractivity contribution in [2.75, 3.05) is 37.7 Å². The lowest BCUT2D eigenvalue weighted by atomic mass is 10.1. The monoisotopic (exact) mass is 451 g/mol. The fourth-order valence-corrected chi connectivity index (χ4v) is 4.06. The molecule has 3 aromatic rings. The molecule has 0 bridgehead atoms. The summed E-state index contributed by atoms with van der Waals surface area (Å²) in [5, 5.41) is 11.6. The highest BCUT2D eigenvalue weighted by Gasteiger charge is 2.30. The van der Waals surface area contributed by atoms with Crippen LogP contribution in [-0.2, 0) is 4.74 Å². The molecule has 172 valence electrons. The Kier molecular flexibility index (Phi) is 6.69. The van der Waals surface area contributed by atoms with E-state index in [1.807, 2.05) is 6.07 Å². The molecule has 33 heavy (non-hydrogen) atoms. The topological polar surface area (TPSA) is 106 Å². The van der Waals surface area contributed by atoms with Crippen molar-refractivity contribution < 1.29 is 23.7 Å². The Morgan fingerprint density at radius 2 is 1.82 bits per heavy atom. The van der Waals surface area contributed by atoms with Gasteiger partial charge in [0.25, 0.3) is 5.69 Å². The number of hydrogen-bond acceptors (Lipinski definition) is 7. The number of para-hydroxylation sites is 1. The van der Waals surface area contributed by atoms with Gasteiger partial charge in [0.05, 0.1) is 11.5 Å². The summed E-state index contributed by atoms with van der Waals surface area (Å²) in [6.07, 6.45) is 1.69. The van der Waals surface area contributed by atoms with Gasteiger partial charge in [-0.25, -0.2) is 4.79 Å². The lowest BCUT2D eigenvalue weighted by molar-refractivity contribution is -0.384. The van der Waals surface area contributed by atoms with Gasteiger partial charge in [-0.05, 0) is 57.1 Å². The van der Waals surface area contributed by atoms with E-state index in [0.29, 0.717) is 29.7 Å². The highest BCUT2D eigenvalue weighted by molar-refractivity contribution is 6.17. The first-order valence-corrected chi connectivity index (χ1v) is 11.0. The molecule has 0 spiro atoms. The molecule has 0 saturated carbocycles. The van der Waals surface area contributed by atoms with E-state index in [-0.39, 0.29) is 23.6 Å². The van der Waals surface area contributed by atoms with Gasteiger partial charge in [-0.3, -0.25) is 19.8 Å². The standard InChI is InChI=1S/C24H25N3O6/c1-2-32-24(29)26(16-15-25-13-5-6-14-25)21-19-7-3-4-8-20(19)33-23(21)22(28)17-9-11-18(12-10-17)27(30)31/h3-4,7-12H,2,5-6,13-16H2,1H3. The number of carbonyl (C=O) groups excluding carboxylic acids is 2. The van der Waals surface area contributed by atoms with E-state index < -0.39 is 16.8 Å². The van der Waals surface area contributed by atoms with Crippen molar-refractivity contribution in [1.82, 2.24) is 4.90 Å². The molecule has 4 rings (SSSR count). The number of anilines is 1. The van der Waals surface area contributed by atoms with Crippen molar-refractivity contribution in [3.63, 3.8) is 0 Å². The van der Waals surface area contributed by atoms with Gasteiger partial charge in [0.2, 0.25) is 5.78 Å². The number of hydrogen-bond donors (Lipinski definition) is 0. The fourth-order valence-electron chi connectivity index (χ4n) is 4.06. The van der Waals surface area contributed by atoms with Crippen LogP contribution in [0.4, 0.5) is 16.2 Å². The average Bonchev–Trinajstić information content (AvgIpc) is 3.47. The van der Waals surface area contributed by atoms with Crippen LogP contribution in [0, 0.1) is 10.1 Å². The van der Waals surface area contributed by atoms with Crippen LogP contribution in [-0.4, -0.2) is 54.5 Å². The highest BCUT2D eigenvalue weighted by Crippen LogP contribution is 2.36. The normalized spacial score (nSPS) is 13.8. The molecule has 0 radical (unpaired) electrons. The Hall–Kier alpha value is -3.72. The van der Waals surface area contributed by atoms with Gasteiger partial charge in [-0.2, -0.15) is 0 Å². The highest BCUT2D eigenvalue weighted by atomic mass is 16.6. The molecule has 0 aliphatic carbocycles. The number of benzene rings is 2. The number of fused-ring (bicyclic) bond motifs is 1. The van der Waals surface area contributed by atoms with Crippen LogP contribution in [0.2, 0.25) is 0 Å². The van der Waals surface area contributed by atoms with Crippen molar-refractivity contribution in [1.29, 1.82) is 0 Å². The number of ketones is 1. The van der Waals surface area contributed by atoms with E-state index in [4.69, 9.17) is 9.15 Å². The summed E-state index contributed by atoms with van der Waals surface area (Å²) in [6.45, 7) is 4.84. The quantitative estimate of drug-likeness (QED) is 0.279. The second kappa shape index (κ2) is 9.83. The predicted octanol–water partition coefficient (Wildman–Crippen LogP) is 4.63. The zero-order valence-corrected chi connectivity index (χ0v) is 18.4. The summed E-state index contributed by atoms with van der Waals surface area (Å²) >= 11 is 0. The van der Waals surface area contributed by atoms with Crippen molar-refractivity contribution in [2.45, 2.75) is 19.8 Å². The van der Waals surface area contributed by atoms with E-state index in [1.165, 1.54) is 29.2 Å². The Balaban J connectivity index is 1.76. The first-order chi connectivity index (χ1) is 16.0. The molecule has 9 heteroatoms. The molecule has 1 amide bonds. The maximum absolute atomic E-state index is 13.4. The van der Waals surface area contributed by atoms with Crippen molar-refractivity contribution in [3.8, 4) is 0 Å². The third kappa shape index (κ3) is 4.73. The van der Waals surface area contributed by atoms with Gasteiger partial charge in [-0.1, -0.05) is 12.1 Å². The first-order valence-electron chi connectivity index (χ1n) is 11.0. The third-order valence-corrected chi connectivity index (χ3v) is 5.71. The summed E-state index contributed by atoms with van der Waals surface area (Å²) in [5.41, 5.74) is 0.930. The average molecular weight is 451 g/mol. The summed E-state index contributed by atoms with van der Waals surface area (Å²) < 4.78 is 11.2. The minimum atomic E-state index is -0.555. The molecule has 0 atom stereocenters. The molecule has 1 fully saturated rings. The van der Waals surface area contributed by atoms with Crippen LogP contribution >= 0.6 is 0 Å². The van der Waals surface area contributed by atoms with E-state index in [9.17, 15) is 19.7 Å². The molecule has 1 saturated heterocycles. The van der Waals surface area contributed by atoms with Crippen molar-refractivity contribution in [2.24, 2.45) is 0 Å². The molecule has 2 heterocycles. The Morgan fingerprint density at radius 1 is 1.12 bits per heavy atom. The summed E-state index contributed by atoms with van der Waals surface area (Å²) in [4.78, 5) is 40.6. The number of nitro groups is 1. The number of nitrogens with zero attached hydrogens (tertiary/aromatic N) is 3. The van der Waals surface area contributed by atoms with E-state index in [1.54, 1.807) is 25.1 Å². The van der Waals surface area contributed by atoms with Gasteiger partial charge in [0.1, 0.15) is 11.3 Å². The van der Waals surface area contributed by atoms with Crippen LogP contribution < -0.4 is 4.90 Å². The van der Waals surface area contributed by atoms with Crippen LogP contribution in [0.3, 0.4) is 0 Å². The number of ether oxygens (including phenoxy) is 1. The van der Waals surface area contributed by atoms with E-state index >= 15 is 0 Å². The smallest absolute Gasteiger partial charge is 0.414 e. The van der Waals surface area contributed by atoms with Crippen LogP contribution in [0.15, 0.2) is 52.9 Å². The molecule has 1 aliphatic rings. The SMILES string of the molecule is CCOC(=O)N(CCN1CCCC1)c1c(C(=O)c2ccc([N+](=O)[O-])cc2)oc2ccccc12. The Labute approximate surface area is 190 Å². The number of likely N-dealkylation sites (tertiary alicyclic amines) is 1. The van der Waals surface area contributed by atoms with E-state index in [0.717, 1.165) is 25.9 Å². The van der Waals surface area contributed by atoms with Crippen LogP contribution in [0.25, 0.3) is 11.0 Å². The van der Waals surface area contributed by atoms with Crippen molar-refractivity contribution in [3.05, 3.63) is 70.0 Å². The van der Waals surface area contributed by atoms with Crippen molar-refractivity contribution >= 4 is 34.2 Å².